The molecule has 3 heteroatoms. The fraction of sp³-hybridized carbons (Fsp3) is 0.409. The maximum absolute atomic E-state index is 13.1. The number of hydrogen-bond acceptors (Lipinski definition) is 2. The van der Waals surface area contributed by atoms with Crippen molar-refractivity contribution in [3.63, 3.8) is 0 Å². The molecule has 0 bridgehead atoms. The van der Waals surface area contributed by atoms with Crippen LogP contribution in [0, 0.1) is 0 Å². The minimum atomic E-state index is 0.0870. The van der Waals surface area contributed by atoms with E-state index in [1.807, 2.05) is 35.2 Å². The van der Waals surface area contributed by atoms with E-state index in [0.717, 1.165) is 37.1 Å². The number of rotatable bonds is 6. The predicted molar refractivity (Wildman–Crippen MR) is 105 cm³/mol. The van der Waals surface area contributed by atoms with Crippen LogP contribution >= 0.6 is 0 Å². The van der Waals surface area contributed by atoms with Gasteiger partial charge in [-0.1, -0.05) is 56.2 Å². The first-order valence-electron chi connectivity index (χ1n) is 9.43. The van der Waals surface area contributed by atoms with Crippen molar-refractivity contribution in [2.45, 2.75) is 58.0 Å². The molecule has 1 amide bonds. The number of carbonyl (C=O) groups is 1. The van der Waals surface area contributed by atoms with Gasteiger partial charge >= 0.3 is 0 Å². The molecule has 0 fully saturated rings. The number of fused-ring (bicyclic) bond motifs is 1. The summed E-state index contributed by atoms with van der Waals surface area (Å²) in [5, 5.41) is 3.55. The maximum Gasteiger partial charge on any atom is 0.227 e. The molecule has 1 aliphatic heterocycles. The number of unbranched alkanes of at least 4 members (excludes halogenated alkanes) is 2. The van der Waals surface area contributed by atoms with Gasteiger partial charge in [-0.2, -0.15) is 0 Å². The first-order chi connectivity index (χ1) is 12.2. The molecule has 2 aromatic carbocycles. The molecule has 0 aromatic heterocycles. The molecule has 25 heavy (non-hydrogen) atoms. The summed E-state index contributed by atoms with van der Waals surface area (Å²) in [5.74, 6) is 0.230. The van der Waals surface area contributed by atoms with Crippen LogP contribution in [-0.2, 0) is 4.79 Å². The van der Waals surface area contributed by atoms with Crippen LogP contribution in [0.1, 0.15) is 57.6 Å². The molecule has 1 heterocycles. The van der Waals surface area contributed by atoms with Crippen LogP contribution in [0.2, 0.25) is 0 Å². The SMILES string of the molecule is CCCCCC(=O)N(c1ccccc1)[C@@H]1C[C@H](C)Nc2ccccc21. The molecule has 1 N–H and O–H groups in total. The average Bonchev–Trinajstić information content (AvgIpc) is 2.63. The third-order valence-electron chi connectivity index (χ3n) is 4.91. The summed E-state index contributed by atoms with van der Waals surface area (Å²) in [6, 6.07) is 18.9. The van der Waals surface area contributed by atoms with E-state index in [9.17, 15) is 4.79 Å². The minimum absolute atomic E-state index is 0.0870. The van der Waals surface area contributed by atoms with Gasteiger partial charge in [-0.25, -0.2) is 0 Å². The summed E-state index contributed by atoms with van der Waals surface area (Å²) in [6.07, 6.45) is 4.73. The summed E-state index contributed by atoms with van der Waals surface area (Å²) >= 11 is 0. The smallest absolute Gasteiger partial charge is 0.227 e. The number of anilines is 2. The highest BCUT2D eigenvalue weighted by Crippen LogP contribution is 2.39. The van der Waals surface area contributed by atoms with Crippen LogP contribution in [0.15, 0.2) is 54.6 Å². The summed E-state index contributed by atoms with van der Waals surface area (Å²) < 4.78 is 0. The third-order valence-corrected chi connectivity index (χ3v) is 4.91. The fourth-order valence-electron chi connectivity index (χ4n) is 3.68. The van der Waals surface area contributed by atoms with Crippen LogP contribution in [0.3, 0.4) is 0 Å². The number of para-hydroxylation sites is 2. The summed E-state index contributed by atoms with van der Waals surface area (Å²) in [4.78, 5) is 15.2. The van der Waals surface area contributed by atoms with Crippen LogP contribution in [0.5, 0.6) is 0 Å². The number of nitrogens with zero attached hydrogens (tertiary/aromatic N) is 1. The Morgan fingerprint density at radius 1 is 1.08 bits per heavy atom. The third kappa shape index (κ3) is 4.04. The van der Waals surface area contributed by atoms with E-state index in [1.165, 1.54) is 5.56 Å². The number of benzene rings is 2. The zero-order valence-corrected chi connectivity index (χ0v) is 15.2. The Labute approximate surface area is 151 Å². The largest absolute Gasteiger partial charge is 0.382 e. The van der Waals surface area contributed by atoms with Gasteiger partial charge in [0, 0.05) is 23.8 Å². The number of amides is 1. The topological polar surface area (TPSA) is 32.3 Å². The molecule has 2 aromatic rings. The Morgan fingerprint density at radius 2 is 1.80 bits per heavy atom. The predicted octanol–water partition coefficient (Wildman–Crippen LogP) is 5.55. The second kappa shape index (κ2) is 8.19. The molecule has 2 atom stereocenters. The van der Waals surface area contributed by atoms with Crippen LogP contribution in [0.4, 0.5) is 11.4 Å². The Morgan fingerprint density at radius 3 is 2.56 bits per heavy atom. The zero-order valence-electron chi connectivity index (χ0n) is 15.2. The lowest BCUT2D eigenvalue weighted by Gasteiger charge is -2.39. The number of carbonyl (C=O) groups excluding carboxylic acids is 1. The van der Waals surface area contributed by atoms with Crippen molar-refractivity contribution < 1.29 is 4.79 Å². The van der Waals surface area contributed by atoms with Gasteiger partial charge in [-0.3, -0.25) is 4.79 Å². The van der Waals surface area contributed by atoms with E-state index in [2.05, 4.69) is 43.4 Å². The van der Waals surface area contributed by atoms with Crippen molar-refractivity contribution in [2.24, 2.45) is 0 Å². The van der Waals surface area contributed by atoms with Crippen molar-refractivity contribution in [3.8, 4) is 0 Å². The zero-order chi connectivity index (χ0) is 17.6. The summed E-state index contributed by atoms with van der Waals surface area (Å²) in [7, 11) is 0. The molecular weight excluding hydrogens is 308 g/mol. The van der Waals surface area contributed by atoms with E-state index < -0.39 is 0 Å². The standard InChI is InChI=1S/C22H28N2O/c1-3-4-6-15-22(25)24(18-11-7-5-8-12-18)21-16-17(2)23-20-14-10-9-13-19(20)21/h5,7-14,17,21,23H,3-4,6,15-16H2,1-2H3/t17-,21+/m0/s1. The highest BCUT2D eigenvalue weighted by molar-refractivity contribution is 5.94. The second-order valence-electron chi connectivity index (χ2n) is 6.94. The first-order valence-corrected chi connectivity index (χ1v) is 9.43. The monoisotopic (exact) mass is 336 g/mol. The van der Waals surface area contributed by atoms with Crippen molar-refractivity contribution in [1.82, 2.24) is 0 Å². The number of nitrogens with one attached hydrogen (secondary N) is 1. The van der Waals surface area contributed by atoms with Gasteiger partial charge < -0.3 is 10.2 Å². The summed E-state index contributed by atoms with van der Waals surface area (Å²) in [6.45, 7) is 4.36. The normalized spacial score (nSPS) is 19.0. The van der Waals surface area contributed by atoms with Gasteiger partial charge in [0.2, 0.25) is 5.91 Å². The second-order valence-corrected chi connectivity index (χ2v) is 6.94. The Bertz CT molecular complexity index is 698. The first kappa shape index (κ1) is 17.5. The van der Waals surface area contributed by atoms with Crippen LogP contribution < -0.4 is 10.2 Å². The van der Waals surface area contributed by atoms with Crippen molar-refractivity contribution >= 4 is 17.3 Å². The molecule has 0 saturated carbocycles. The molecule has 1 aliphatic rings. The molecule has 3 nitrogen and oxygen atoms in total. The molecule has 0 spiro atoms. The Hall–Kier alpha value is -2.29. The van der Waals surface area contributed by atoms with Gasteiger partial charge in [-0.05, 0) is 43.5 Å². The Balaban J connectivity index is 1.96. The lowest BCUT2D eigenvalue weighted by Crippen LogP contribution is -2.40. The van der Waals surface area contributed by atoms with Crippen molar-refractivity contribution in [2.75, 3.05) is 10.2 Å². The molecule has 0 saturated heterocycles. The lowest BCUT2D eigenvalue weighted by molar-refractivity contribution is -0.119. The quantitative estimate of drug-likeness (QED) is 0.702. The summed E-state index contributed by atoms with van der Waals surface area (Å²) in [5.41, 5.74) is 3.36. The van der Waals surface area contributed by atoms with E-state index in [0.29, 0.717) is 12.5 Å². The van der Waals surface area contributed by atoms with Gasteiger partial charge in [0.15, 0.2) is 0 Å². The van der Waals surface area contributed by atoms with E-state index >= 15 is 0 Å². The molecule has 3 rings (SSSR count). The Kier molecular flexibility index (Phi) is 5.75. The minimum Gasteiger partial charge on any atom is -0.382 e. The highest BCUT2D eigenvalue weighted by Gasteiger charge is 2.32. The van der Waals surface area contributed by atoms with Crippen LogP contribution in [-0.4, -0.2) is 11.9 Å². The fourth-order valence-corrected chi connectivity index (χ4v) is 3.68. The lowest BCUT2D eigenvalue weighted by atomic mass is 9.91. The van der Waals surface area contributed by atoms with Crippen molar-refractivity contribution in [1.29, 1.82) is 0 Å². The van der Waals surface area contributed by atoms with E-state index in [-0.39, 0.29) is 11.9 Å². The molecular formula is C22H28N2O. The van der Waals surface area contributed by atoms with Gasteiger partial charge in [0.1, 0.15) is 0 Å². The molecule has 0 aliphatic carbocycles. The number of hydrogen-bond donors (Lipinski definition) is 1. The van der Waals surface area contributed by atoms with Crippen LogP contribution in [0.25, 0.3) is 0 Å². The van der Waals surface area contributed by atoms with Gasteiger partial charge in [-0.15, -0.1) is 0 Å². The van der Waals surface area contributed by atoms with Crippen molar-refractivity contribution in [3.05, 3.63) is 60.2 Å². The molecule has 132 valence electrons. The highest BCUT2D eigenvalue weighted by atomic mass is 16.2. The molecule has 0 unspecified atom stereocenters. The van der Waals surface area contributed by atoms with E-state index in [1.54, 1.807) is 0 Å². The molecule has 0 radical (unpaired) electrons. The maximum atomic E-state index is 13.1. The van der Waals surface area contributed by atoms with E-state index in [4.69, 9.17) is 0 Å². The van der Waals surface area contributed by atoms with Gasteiger partial charge in [0.25, 0.3) is 0 Å². The average molecular weight is 336 g/mol. The van der Waals surface area contributed by atoms with Gasteiger partial charge in [0.05, 0.1) is 6.04 Å².